The predicted molar refractivity (Wildman–Crippen MR) is 145 cm³/mol. The molecule has 3 N–H and O–H groups in total. The minimum Gasteiger partial charge on any atom is -0.492 e. The molecule has 0 aliphatic carbocycles. The van der Waals surface area contributed by atoms with Gasteiger partial charge in [0.25, 0.3) is 0 Å². The number of nitrogens with two attached hydrogens (primary N) is 1. The molecule has 0 saturated carbocycles. The third-order valence-corrected chi connectivity index (χ3v) is 6.66. The highest BCUT2D eigenvalue weighted by atomic mass is 79.9. The van der Waals surface area contributed by atoms with E-state index >= 15 is 0 Å². The molecular formula is C30H29BrN2O2. The fourth-order valence-electron chi connectivity index (χ4n) is 4.19. The van der Waals surface area contributed by atoms with Gasteiger partial charge in [0.15, 0.2) is 0 Å². The van der Waals surface area contributed by atoms with Crippen molar-refractivity contribution in [3.8, 4) is 22.9 Å². The van der Waals surface area contributed by atoms with E-state index in [-0.39, 0.29) is 0 Å². The summed E-state index contributed by atoms with van der Waals surface area (Å²) < 4.78 is 7.01. The Morgan fingerprint density at radius 1 is 0.971 bits per heavy atom. The quantitative estimate of drug-likeness (QED) is 0.243. The number of rotatable bonds is 8. The van der Waals surface area contributed by atoms with Crippen molar-refractivity contribution in [3.05, 3.63) is 100 Å². The molecule has 0 saturated heterocycles. The Morgan fingerprint density at radius 2 is 1.63 bits per heavy atom. The molecule has 5 heteroatoms. The van der Waals surface area contributed by atoms with Gasteiger partial charge in [-0.2, -0.15) is 5.26 Å². The van der Waals surface area contributed by atoms with Crippen LogP contribution in [0.15, 0.2) is 83.3 Å². The fraction of sp³-hybridized carbons (Fsp3) is 0.233. The number of aryl methyl sites for hydroxylation is 1. The first-order valence-corrected chi connectivity index (χ1v) is 12.5. The topological polar surface area (TPSA) is 79.3 Å². The zero-order chi connectivity index (χ0) is 25.0. The van der Waals surface area contributed by atoms with Crippen LogP contribution in [-0.4, -0.2) is 17.3 Å². The average molecular weight is 529 g/mol. The Labute approximate surface area is 215 Å². The molecule has 0 aliphatic rings. The molecule has 178 valence electrons. The van der Waals surface area contributed by atoms with Crippen molar-refractivity contribution < 1.29 is 9.84 Å². The van der Waals surface area contributed by atoms with Gasteiger partial charge in [-0.05, 0) is 90.0 Å². The number of nitriles is 1. The lowest BCUT2D eigenvalue weighted by molar-refractivity contribution is 0.104. The zero-order valence-electron chi connectivity index (χ0n) is 20.0. The van der Waals surface area contributed by atoms with Crippen LogP contribution in [0, 0.1) is 11.3 Å². The molecule has 0 amide bonds. The summed E-state index contributed by atoms with van der Waals surface area (Å²) in [5, 5.41) is 22.8. The molecule has 0 aliphatic heterocycles. The van der Waals surface area contributed by atoms with E-state index in [4.69, 9.17) is 10.5 Å². The van der Waals surface area contributed by atoms with Crippen LogP contribution < -0.4 is 10.5 Å². The molecule has 4 nitrogen and oxygen atoms in total. The van der Waals surface area contributed by atoms with Crippen LogP contribution in [0.25, 0.3) is 21.9 Å². The lowest BCUT2D eigenvalue weighted by atomic mass is 9.86. The molecule has 0 heterocycles. The smallest absolute Gasteiger partial charge is 0.137 e. The first-order chi connectivity index (χ1) is 16.8. The van der Waals surface area contributed by atoms with E-state index in [9.17, 15) is 10.4 Å². The van der Waals surface area contributed by atoms with Crippen molar-refractivity contribution in [2.45, 2.75) is 38.3 Å². The molecule has 0 spiro atoms. The van der Waals surface area contributed by atoms with Crippen LogP contribution in [-0.2, 0) is 6.42 Å². The number of hydrogen-bond donors (Lipinski definition) is 2. The first-order valence-electron chi connectivity index (χ1n) is 11.7. The van der Waals surface area contributed by atoms with Gasteiger partial charge in [0.1, 0.15) is 11.8 Å². The Morgan fingerprint density at radius 3 is 2.29 bits per heavy atom. The molecule has 4 rings (SSSR count). The van der Waals surface area contributed by atoms with E-state index in [0.717, 1.165) is 50.3 Å². The van der Waals surface area contributed by atoms with Crippen molar-refractivity contribution in [1.82, 2.24) is 0 Å². The van der Waals surface area contributed by atoms with Gasteiger partial charge in [0.2, 0.25) is 0 Å². The maximum absolute atomic E-state index is 10.9. The number of nitrogens with zero attached hydrogens (tertiary/aromatic N) is 1. The van der Waals surface area contributed by atoms with Crippen molar-refractivity contribution in [2.24, 2.45) is 5.73 Å². The van der Waals surface area contributed by atoms with Gasteiger partial charge in [-0.1, -0.05) is 64.5 Å². The Bertz CT molecular complexity index is 1370. The van der Waals surface area contributed by atoms with E-state index < -0.39 is 11.6 Å². The maximum atomic E-state index is 10.9. The van der Waals surface area contributed by atoms with E-state index in [1.165, 1.54) is 0 Å². The van der Waals surface area contributed by atoms with Crippen molar-refractivity contribution in [1.29, 1.82) is 5.26 Å². The number of aliphatic hydroxyl groups is 1. The lowest BCUT2D eigenvalue weighted by Gasteiger charge is -2.28. The summed E-state index contributed by atoms with van der Waals surface area (Å²) >= 11 is 3.45. The molecule has 0 unspecified atom stereocenters. The normalized spacial score (nSPS) is 12.3. The van der Waals surface area contributed by atoms with Gasteiger partial charge in [-0.25, -0.2) is 0 Å². The number of halogens is 1. The first kappa shape index (κ1) is 24.9. The molecule has 0 fully saturated rings. The highest BCUT2D eigenvalue weighted by Gasteiger charge is 2.26. The summed E-state index contributed by atoms with van der Waals surface area (Å²) in [6.07, 6.45) is 0.688. The molecule has 4 aromatic rings. The minimum atomic E-state index is -0.778. The third kappa shape index (κ3) is 5.91. The van der Waals surface area contributed by atoms with E-state index in [1.807, 2.05) is 80.6 Å². The van der Waals surface area contributed by atoms with Gasteiger partial charge >= 0.3 is 0 Å². The molecule has 35 heavy (non-hydrogen) atoms. The second-order valence-electron chi connectivity index (χ2n) is 9.40. The highest BCUT2D eigenvalue weighted by Crippen LogP contribution is 2.31. The summed E-state index contributed by atoms with van der Waals surface area (Å²) in [4.78, 5) is 0. The highest BCUT2D eigenvalue weighted by molar-refractivity contribution is 9.10. The summed E-state index contributed by atoms with van der Waals surface area (Å²) in [5.41, 5.74) is 9.92. The molecule has 1 atom stereocenters. The van der Waals surface area contributed by atoms with Crippen LogP contribution in [0.4, 0.5) is 0 Å². The van der Waals surface area contributed by atoms with E-state index in [0.29, 0.717) is 17.9 Å². The maximum Gasteiger partial charge on any atom is 0.137 e. The monoisotopic (exact) mass is 528 g/mol. The Hall–Kier alpha value is -3.17. The zero-order valence-corrected chi connectivity index (χ0v) is 21.5. The van der Waals surface area contributed by atoms with Gasteiger partial charge in [-0.3, -0.25) is 0 Å². The van der Waals surface area contributed by atoms with Crippen molar-refractivity contribution in [2.75, 3.05) is 6.61 Å². The van der Waals surface area contributed by atoms with Gasteiger partial charge < -0.3 is 15.6 Å². The van der Waals surface area contributed by atoms with Crippen LogP contribution in [0.2, 0.25) is 0 Å². The number of aliphatic hydroxyl groups excluding tert-OH is 1. The SMILES string of the molecule is CC(C)(N)[C@H](O)c1cc2ccccc2cc1CCCOc1ccc(-c2ccc(Br)cc2)cc1C#N. The molecular weight excluding hydrogens is 500 g/mol. The van der Waals surface area contributed by atoms with Crippen molar-refractivity contribution >= 4 is 26.7 Å². The van der Waals surface area contributed by atoms with Crippen LogP contribution in [0.3, 0.4) is 0 Å². The number of fused-ring (bicyclic) bond motifs is 1. The largest absolute Gasteiger partial charge is 0.492 e. The number of hydrogen-bond acceptors (Lipinski definition) is 4. The second-order valence-corrected chi connectivity index (χ2v) is 10.3. The molecule has 0 radical (unpaired) electrons. The fourth-order valence-corrected chi connectivity index (χ4v) is 4.45. The molecule has 4 aromatic carbocycles. The lowest BCUT2D eigenvalue weighted by Crippen LogP contribution is -2.39. The summed E-state index contributed by atoms with van der Waals surface area (Å²) in [5.74, 6) is 0.579. The minimum absolute atomic E-state index is 0.459. The predicted octanol–water partition coefficient (Wildman–Crippen LogP) is 6.92. The molecule has 0 bridgehead atoms. The Balaban J connectivity index is 1.48. The average Bonchev–Trinajstić information content (AvgIpc) is 2.85. The van der Waals surface area contributed by atoms with Crippen LogP contribution in [0.1, 0.15) is 43.1 Å². The Kier molecular flexibility index (Phi) is 7.57. The van der Waals surface area contributed by atoms with Crippen molar-refractivity contribution in [3.63, 3.8) is 0 Å². The van der Waals surface area contributed by atoms with Gasteiger partial charge in [0.05, 0.1) is 18.3 Å². The van der Waals surface area contributed by atoms with E-state index in [1.54, 1.807) is 0 Å². The molecule has 0 aromatic heterocycles. The second kappa shape index (κ2) is 10.6. The van der Waals surface area contributed by atoms with Gasteiger partial charge in [0, 0.05) is 10.0 Å². The van der Waals surface area contributed by atoms with Crippen LogP contribution >= 0.6 is 15.9 Å². The standard InChI is InChI=1S/C30H29BrN2O2/c1-30(2,33)29(34)27-18-22-7-4-3-6-21(22)16-24(27)8-5-15-35-28-14-11-23(17-25(28)19-32)20-9-12-26(31)13-10-20/h3-4,6-7,9-14,16-18,29,34H,5,8,15,33H2,1-2H3/t29-/m1/s1. The summed E-state index contributed by atoms with van der Waals surface area (Å²) in [7, 11) is 0. The summed E-state index contributed by atoms with van der Waals surface area (Å²) in [6, 6.07) is 28.2. The summed E-state index contributed by atoms with van der Waals surface area (Å²) in [6.45, 7) is 4.13. The number of ether oxygens (including phenoxy) is 1. The third-order valence-electron chi connectivity index (χ3n) is 6.13. The van der Waals surface area contributed by atoms with Crippen LogP contribution in [0.5, 0.6) is 5.75 Å². The number of benzene rings is 4. The van der Waals surface area contributed by atoms with E-state index in [2.05, 4.69) is 34.1 Å². The van der Waals surface area contributed by atoms with Gasteiger partial charge in [-0.15, -0.1) is 0 Å².